The van der Waals surface area contributed by atoms with Crippen LogP contribution in [-0.4, -0.2) is 55.4 Å². The summed E-state index contributed by atoms with van der Waals surface area (Å²) in [6.07, 6.45) is 1.07. The first-order chi connectivity index (χ1) is 12.1. The van der Waals surface area contributed by atoms with Gasteiger partial charge >= 0.3 is 5.97 Å². The number of nitrogen functional groups attached to an aromatic ring is 1. The van der Waals surface area contributed by atoms with Crippen LogP contribution in [0.4, 0.5) is 5.69 Å². The van der Waals surface area contributed by atoms with Gasteiger partial charge in [0, 0.05) is 12.1 Å². The average molecular weight is 403 g/mol. The summed E-state index contributed by atoms with van der Waals surface area (Å²) in [6.45, 7) is 3.31. The Labute approximate surface area is 158 Å². The van der Waals surface area contributed by atoms with Gasteiger partial charge in [-0.25, -0.2) is 13.2 Å². The van der Waals surface area contributed by atoms with Gasteiger partial charge in [0.05, 0.1) is 27.8 Å². The molecule has 1 heterocycles. The Kier molecular flexibility index (Phi) is 6.52. The molecule has 9 heteroatoms. The predicted molar refractivity (Wildman–Crippen MR) is 99.8 cm³/mol. The van der Waals surface area contributed by atoms with Crippen molar-refractivity contribution >= 4 is 39.0 Å². The van der Waals surface area contributed by atoms with E-state index in [0.29, 0.717) is 17.9 Å². The standard InChI is InChI=1S/C17H23ClN2O5S/c1-3-11(2)20(13-6-7-26(23,24)10-13)16(21)9-25-17(22)12-4-5-14(18)15(19)8-12/h4-5,8,11,13H,3,6-7,9-10,19H2,1-2H3/t11-,13-/m1/s1. The zero-order valence-corrected chi connectivity index (χ0v) is 16.3. The van der Waals surface area contributed by atoms with E-state index in [1.165, 1.54) is 23.1 Å². The van der Waals surface area contributed by atoms with Crippen LogP contribution in [0.2, 0.25) is 5.02 Å². The van der Waals surface area contributed by atoms with E-state index >= 15 is 0 Å². The maximum absolute atomic E-state index is 12.6. The van der Waals surface area contributed by atoms with Crippen molar-refractivity contribution in [2.24, 2.45) is 0 Å². The van der Waals surface area contributed by atoms with E-state index < -0.39 is 28.3 Å². The highest BCUT2D eigenvalue weighted by atomic mass is 35.5. The van der Waals surface area contributed by atoms with Gasteiger partial charge in [-0.1, -0.05) is 18.5 Å². The van der Waals surface area contributed by atoms with Gasteiger partial charge in [0.1, 0.15) is 0 Å². The van der Waals surface area contributed by atoms with E-state index in [4.69, 9.17) is 22.1 Å². The van der Waals surface area contributed by atoms with E-state index in [1.54, 1.807) is 0 Å². The third-order valence-corrected chi connectivity index (χ3v) is 6.61. The minimum Gasteiger partial charge on any atom is -0.452 e. The molecule has 144 valence electrons. The van der Waals surface area contributed by atoms with Gasteiger partial charge in [0.2, 0.25) is 0 Å². The molecular weight excluding hydrogens is 380 g/mol. The van der Waals surface area contributed by atoms with Gasteiger partial charge < -0.3 is 15.4 Å². The predicted octanol–water partition coefficient (Wildman–Crippen LogP) is 1.89. The number of hydrogen-bond donors (Lipinski definition) is 1. The summed E-state index contributed by atoms with van der Waals surface area (Å²) in [7, 11) is -3.13. The first-order valence-corrected chi connectivity index (χ1v) is 10.6. The van der Waals surface area contributed by atoms with Crippen LogP contribution in [0.15, 0.2) is 18.2 Å². The quantitative estimate of drug-likeness (QED) is 0.575. The van der Waals surface area contributed by atoms with Gasteiger partial charge in [-0.05, 0) is 38.0 Å². The number of hydrogen-bond acceptors (Lipinski definition) is 6. The van der Waals surface area contributed by atoms with Crippen molar-refractivity contribution in [3.05, 3.63) is 28.8 Å². The smallest absolute Gasteiger partial charge is 0.338 e. The molecule has 0 unspecified atom stereocenters. The number of nitrogens with two attached hydrogens (primary N) is 1. The molecule has 1 aromatic rings. The third kappa shape index (κ3) is 4.88. The fourth-order valence-electron chi connectivity index (χ4n) is 2.96. The van der Waals surface area contributed by atoms with E-state index in [0.717, 1.165) is 0 Å². The van der Waals surface area contributed by atoms with Crippen LogP contribution in [0.25, 0.3) is 0 Å². The molecule has 0 saturated carbocycles. The number of anilines is 1. The topological polar surface area (TPSA) is 107 Å². The highest BCUT2D eigenvalue weighted by molar-refractivity contribution is 7.91. The minimum atomic E-state index is -3.13. The summed E-state index contributed by atoms with van der Waals surface area (Å²) in [5, 5.41) is 0.322. The zero-order valence-electron chi connectivity index (χ0n) is 14.8. The molecule has 2 rings (SSSR count). The number of sulfone groups is 1. The molecule has 1 aromatic carbocycles. The van der Waals surface area contributed by atoms with Crippen LogP contribution < -0.4 is 5.73 Å². The molecule has 0 radical (unpaired) electrons. The number of carbonyl (C=O) groups excluding carboxylic acids is 2. The summed E-state index contributed by atoms with van der Waals surface area (Å²) in [4.78, 5) is 26.3. The van der Waals surface area contributed by atoms with Gasteiger partial charge in [-0.2, -0.15) is 0 Å². The maximum Gasteiger partial charge on any atom is 0.338 e. The van der Waals surface area contributed by atoms with E-state index in [9.17, 15) is 18.0 Å². The number of halogens is 1. The van der Waals surface area contributed by atoms with Crippen molar-refractivity contribution in [3.8, 4) is 0 Å². The summed E-state index contributed by atoms with van der Waals surface area (Å²) >= 11 is 5.81. The second kappa shape index (κ2) is 8.26. The molecule has 26 heavy (non-hydrogen) atoms. The van der Waals surface area contributed by atoms with Crippen molar-refractivity contribution in [2.75, 3.05) is 23.8 Å². The number of amides is 1. The Balaban J connectivity index is 2.04. The second-order valence-electron chi connectivity index (χ2n) is 6.43. The fourth-order valence-corrected chi connectivity index (χ4v) is 4.79. The lowest BCUT2D eigenvalue weighted by atomic mass is 10.1. The molecular formula is C17H23ClN2O5S. The lowest BCUT2D eigenvalue weighted by molar-refractivity contribution is -0.138. The normalized spacial score (nSPS) is 19.7. The van der Waals surface area contributed by atoms with Crippen molar-refractivity contribution in [1.82, 2.24) is 4.90 Å². The second-order valence-corrected chi connectivity index (χ2v) is 9.06. The first-order valence-electron chi connectivity index (χ1n) is 8.38. The number of rotatable bonds is 6. The molecule has 0 bridgehead atoms. The Morgan fingerprint density at radius 2 is 2.12 bits per heavy atom. The Morgan fingerprint density at radius 1 is 1.42 bits per heavy atom. The van der Waals surface area contributed by atoms with Crippen molar-refractivity contribution < 1.29 is 22.7 Å². The van der Waals surface area contributed by atoms with Crippen LogP contribution in [0.3, 0.4) is 0 Å². The number of benzene rings is 1. The van der Waals surface area contributed by atoms with E-state index in [2.05, 4.69) is 0 Å². The van der Waals surface area contributed by atoms with Crippen LogP contribution in [-0.2, 0) is 19.4 Å². The minimum absolute atomic E-state index is 0.0508. The average Bonchev–Trinajstić information content (AvgIpc) is 2.94. The number of esters is 1. The van der Waals surface area contributed by atoms with Crippen LogP contribution in [0, 0.1) is 0 Å². The third-order valence-electron chi connectivity index (χ3n) is 4.51. The van der Waals surface area contributed by atoms with Gasteiger partial charge in [-0.15, -0.1) is 0 Å². The number of nitrogens with zero attached hydrogens (tertiary/aromatic N) is 1. The van der Waals surface area contributed by atoms with E-state index in [-0.39, 0.29) is 34.8 Å². The molecule has 0 aliphatic carbocycles. The summed E-state index contributed by atoms with van der Waals surface area (Å²) in [5.74, 6) is -1.08. The number of carbonyl (C=O) groups is 2. The Morgan fingerprint density at radius 3 is 2.65 bits per heavy atom. The zero-order chi connectivity index (χ0) is 19.5. The molecule has 0 aromatic heterocycles. The summed E-state index contributed by atoms with van der Waals surface area (Å²) < 4.78 is 28.6. The van der Waals surface area contributed by atoms with Gasteiger partial charge in [0.25, 0.3) is 5.91 Å². The van der Waals surface area contributed by atoms with Crippen LogP contribution in [0.1, 0.15) is 37.0 Å². The fraction of sp³-hybridized carbons (Fsp3) is 0.529. The molecule has 7 nitrogen and oxygen atoms in total. The highest BCUT2D eigenvalue weighted by Gasteiger charge is 2.36. The molecule has 0 spiro atoms. The van der Waals surface area contributed by atoms with Gasteiger partial charge in [-0.3, -0.25) is 4.79 Å². The monoisotopic (exact) mass is 402 g/mol. The highest BCUT2D eigenvalue weighted by Crippen LogP contribution is 2.22. The van der Waals surface area contributed by atoms with Crippen molar-refractivity contribution in [3.63, 3.8) is 0 Å². The van der Waals surface area contributed by atoms with Crippen LogP contribution >= 0.6 is 11.6 Å². The molecule has 1 aliphatic rings. The molecule has 1 amide bonds. The van der Waals surface area contributed by atoms with Crippen molar-refractivity contribution in [2.45, 2.75) is 38.8 Å². The first kappa shape index (κ1) is 20.5. The largest absolute Gasteiger partial charge is 0.452 e. The SMILES string of the molecule is CC[C@@H](C)N(C(=O)COC(=O)c1ccc(Cl)c(N)c1)[C@@H]1CCS(=O)(=O)C1. The molecule has 2 atom stereocenters. The lowest BCUT2D eigenvalue weighted by Crippen LogP contribution is -2.48. The Hall–Kier alpha value is -1.80. The van der Waals surface area contributed by atoms with Crippen LogP contribution in [0.5, 0.6) is 0 Å². The molecule has 1 saturated heterocycles. The molecule has 1 fully saturated rings. The number of ether oxygens (including phenoxy) is 1. The van der Waals surface area contributed by atoms with E-state index in [1.807, 2.05) is 13.8 Å². The summed E-state index contributed by atoms with van der Waals surface area (Å²) in [6, 6.07) is 3.79. The molecule has 1 aliphatic heterocycles. The summed E-state index contributed by atoms with van der Waals surface area (Å²) in [5.41, 5.74) is 6.09. The lowest BCUT2D eigenvalue weighted by Gasteiger charge is -2.33. The van der Waals surface area contributed by atoms with Crippen molar-refractivity contribution in [1.29, 1.82) is 0 Å². The van der Waals surface area contributed by atoms with Gasteiger partial charge in [0.15, 0.2) is 16.4 Å². The maximum atomic E-state index is 12.6. The molecule has 2 N–H and O–H groups in total. The Bertz CT molecular complexity index is 796.